The maximum absolute atomic E-state index is 9.27. The molecule has 0 fully saturated rings. The molecule has 0 radical (unpaired) electrons. The van der Waals surface area contributed by atoms with Crippen molar-refractivity contribution in [3.05, 3.63) is 34.0 Å². The topological polar surface area (TPSA) is 28.7 Å². The van der Waals surface area contributed by atoms with Crippen molar-refractivity contribution in [2.45, 2.75) is 40.2 Å². The minimum Gasteiger partial charge on any atom is -0.330 e. The minimum absolute atomic E-state index is 0.575. The lowest BCUT2D eigenvalue weighted by atomic mass is 10.1. The van der Waals surface area contributed by atoms with E-state index >= 15 is 0 Å². The molecule has 0 amide bonds. The van der Waals surface area contributed by atoms with Gasteiger partial charge in [0.25, 0.3) is 0 Å². The van der Waals surface area contributed by atoms with E-state index in [1.54, 1.807) is 0 Å². The van der Waals surface area contributed by atoms with Gasteiger partial charge < -0.3 is 4.57 Å². The summed E-state index contributed by atoms with van der Waals surface area (Å²) in [5.41, 5.74) is 4.11. The summed E-state index contributed by atoms with van der Waals surface area (Å²) in [5, 5.41) is 10.8. The molecule has 94 valence electrons. The number of aromatic nitrogens is 1. The number of hydrogen-bond donors (Lipinski definition) is 0. The maximum atomic E-state index is 9.27. The number of benzene rings is 1. The average Bonchev–Trinajstić information content (AvgIpc) is 2.59. The zero-order valence-corrected chi connectivity index (χ0v) is 11.8. The van der Waals surface area contributed by atoms with E-state index in [1.807, 2.05) is 0 Å². The first-order chi connectivity index (χ1) is 8.60. The van der Waals surface area contributed by atoms with Gasteiger partial charge in [-0.2, -0.15) is 5.26 Å². The van der Waals surface area contributed by atoms with Gasteiger partial charge in [0.2, 0.25) is 0 Å². The number of nitrogens with zero attached hydrogens (tertiary/aromatic N) is 2. The summed E-state index contributed by atoms with van der Waals surface area (Å²) in [6, 6.07) is 6.43. The fourth-order valence-electron chi connectivity index (χ4n) is 2.22. The number of aryl methyl sites for hydroxylation is 3. The fraction of sp³-hybridized carbons (Fsp3) is 0.400. The van der Waals surface area contributed by atoms with E-state index < -0.39 is 0 Å². The van der Waals surface area contributed by atoms with E-state index in [2.05, 4.69) is 43.5 Å². The fourth-order valence-corrected chi connectivity index (χ4v) is 2.54. The third kappa shape index (κ3) is 2.00. The second kappa shape index (κ2) is 5.04. The second-order valence-corrected chi connectivity index (χ2v) is 5.09. The Morgan fingerprint density at radius 1 is 1.28 bits per heavy atom. The van der Waals surface area contributed by atoms with Gasteiger partial charge in [-0.05, 0) is 43.5 Å². The highest BCUT2D eigenvalue weighted by Gasteiger charge is 2.15. The molecule has 0 N–H and O–H groups in total. The average molecular weight is 261 g/mol. The van der Waals surface area contributed by atoms with Crippen molar-refractivity contribution in [2.75, 3.05) is 0 Å². The first kappa shape index (κ1) is 13.0. The van der Waals surface area contributed by atoms with Crippen molar-refractivity contribution in [3.8, 4) is 6.07 Å². The van der Waals surface area contributed by atoms with Gasteiger partial charge in [0.15, 0.2) is 0 Å². The van der Waals surface area contributed by atoms with Crippen molar-refractivity contribution in [2.24, 2.45) is 0 Å². The number of unbranched alkanes of at least 4 members (excludes halogenated alkanes) is 1. The smallest absolute Gasteiger partial charge is 0.128 e. The van der Waals surface area contributed by atoms with E-state index in [0.29, 0.717) is 10.7 Å². The monoisotopic (exact) mass is 260 g/mol. The van der Waals surface area contributed by atoms with Crippen LogP contribution in [0.1, 0.15) is 36.5 Å². The highest BCUT2D eigenvalue weighted by molar-refractivity contribution is 6.32. The van der Waals surface area contributed by atoms with Crippen molar-refractivity contribution in [1.82, 2.24) is 4.57 Å². The van der Waals surface area contributed by atoms with Crippen molar-refractivity contribution < 1.29 is 0 Å². The summed E-state index contributed by atoms with van der Waals surface area (Å²) in [4.78, 5) is 0. The number of halogens is 1. The Balaban J connectivity index is 2.73. The van der Waals surface area contributed by atoms with Gasteiger partial charge >= 0.3 is 0 Å². The van der Waals surface area contributed by atoms with Crippen molar-refractivity contribution in [3.63, 3.8) is 0 Å². The first-order valence-electron chi connectivity index (χ1n) is 6.29. The van der Waals surface area contributed by atoms with Crippen LogP contribution in [0.3, 0.4) is 0 Å². The SMILES string of the molecule is CCCCn1c(Cl)c(C#N)c2cc(C)c(C)cc21. The molecule has 2 nitrogen and oxygen atoms in total. The molecule has 2 rings (SSSR count). The largest absolute Gasteiger partial charge is 0.330 e. The Labute approximate surface area is 113 Å². The van der Waals surface area contributed by atoms with Crippen LogP contribution in [0.25, 0.3) is 10.9 Å². The molecule has 3 heteroatoms. The second-order valence-electron chi connectivity index (χ2n) is 4.74. The van der Waals surface area contributed by atoms with Gasteiger partial charge in [0.1, 0.15) is 11.2 Å². The zero-order valence-electron chi connectivity index (χ0n) is 11.0. The van der Waals surface area contributed by atoms with Crippen LogP contribution in [0.5, 0.6) is 0 Å². The molecule has 1 heterocycles. The molecular formula is C15H17ClN2. The first-order valence-corrected chi connectivity index (χ1v) is 6.67. The standard InChI is InChI=1S/C15H17ClN2/c1-4-5-6-18-14-8-11(3)10(2)7-12(14)13(9-17)15(18)16/h7-8H,4-6H2,1-3H3. The van der Waals surface area contributed by atoms with E-state index in [-0.39, 0.29) is 0 Å². The molecule has 0 spiro atoms. The summed E-state index contributed by atoms with van der Waals surface area (Å²) in [6.07, 6.45) is 2.18. The summed E-state index contributed by atoms with van der Waals surface area (Å²) in [5.74, 6) is 0. The lowest BCUT2D eigenvalue weighted by Crippen LogP contribution is -1.97. The van der Waals surface area contributed by atoms with E-state index in [9.17, 15) is 5.26 Å². The molecule has 0 aliphatic heterocycles. The maximum Gasteiger partial charge on any atom is 0.128 e. The third-order valence-corrected chi connectivity index (χ3v) is 3.86. The van der Waals surface area contributed by atoms with Crippen molar-refractivity contribution >= 4 is 22.5 Å². The Morgan fingerprint density at radius 2 is 1.94 bits per heavy atom. The third-order valence-electron chi connectivity index (χ3n) is 3.46. The van der Waals surface area contributed by atoms with Crippen LogP contribution in [0.2, 0.25) is 5.15 Å². The Kier molecular flexibility index (Phi) is 3.63. The molecule has 0 bridgehead atoms. The van der Waals surface area contributed by atoms with E-state index in [0.717, 1.165) is 30.3 Å². The van der Waals surface area contributed by atoms with Gasteiger partial charge in [0, 0.05) is 11.9 Å². The zero-order chi connectivity index (χ0) is 13.3. The lowest BCUT2D eigenvalue weighted by Gasteiger charge is -2.07. The van der Waals surface area contributed by atoms with E-state index in [1.165, 1.54) is 11.1 Å². The summed E-state index contributed by atoms with van der Waals surface area (Å²) < 4.78 is 2.06. The van der Waals surface area contributed by atoms with Gasteiger partial charge in [-0.1, -0.05) is 24.9 Å². The van der Waals surface area contributed by atoms with Gasteiger partial charge in [-0.3, -0.25) is 0 Å². The molecule has 0 aliphatic rings. The number of hydrogen-bond acceptors (Lipinski definition) is 1. The number of rotatable bonds is 3. The molecule has 2 aromatic rings. The van der Waals surface area contributed by atoms with Crippen LogP contribution >= 0.6 is 11.6 Å². The van der Waals surface area contributed by atoms with Gasteiger partial charge in [-0.25, -0.2) is 0 Å². The molecule has 0 saturated heterocycles. The van der Waals surface area contributed by atoms with E-state index in [4.69, 9.17) is 11.6 Å². The molecule has 1 aromatic heterocycles. The summed E-state index contributed by atoms with van der Waals surface area (Å²) >= 11 is 6.33. The quantitative estimate of drug-likeness (QED) is 0.794. The highest BCUT2D eigenvalue weighted by atomic mass is 35.5. The predicted molar refractivity (Wildman–Crippen MR) is 76.0 cm³/mol. The van der Waals surface area contributed by atoms with Crippen LogP contribution in [0.15, 0.2) is 12.1 Å². The normalized spacial score (nSPS) is 10.8. The molecule has 0 aliphatic carbocycles. The van der Waals surface area contributed by atoms with Crippen molar-refractivity contribution in [1.29, 1.82) is 5.26 Å². The van der Waals surface area contributed by atoms with Crippen LogP contribution in [-0.2, 0) is 6.54 Å². The molecular weight excluding hydrogens is 244 g/mol. The predicted octanol–water partition coefficient (Wildman–Crippen LogP) is 4.58. The number of nitriles is 1. The lowest BCUT2D eigenvalue weighted by molar-refractivity contribution is 0.650. The molecule has 18 heavy (non-hydrogen) atoms. The Morgan fingerprint density at radius 3 is 2.56 bits per heavy atom. The molecule has 0 saturated carbocycles. The van der Waals surface area contributed by atoms with Crippen LogP contribution < -0.4 is 0 Å². The number of fused-ring (bicyclic) bond motifs is 1. The highest BCUT2D eigenvalue weighted by Crippen LogP contribution is 2.31. The van der Waals surface area contributed by atoms with Crippen LogP contribution in [0, 0.1) is 25.2 Å². The summed E-state index contributed by atoms with van der Waals surface area (Å²) in [7, 11) is 0. The Bertz CT molecular complexity index is 632. The van der Waals surface area contributed by atoms with Crippen LogP contribution in [0.4, 0.5) is 0 Å². The summed E-state index contributed by atoms with van der Waals surface area (Å²) in [6.45, 7) is 7.18. The van der Waals surface area contributed by atoms with Crippen LogP contribution in [-0.4, -0.2) is 4.57 Å². The molecule has 1 aromatic carbocycles. The minimum atomic E-state index is 0.575. The molecule has 0 atom stereocenters. The van der Waals surface area contributed by atoms with Gasteiger partial charge in [-0.15, -0.1) is 0 Å². The Hall–Kier alpha value is -1.46. The van der Waals surface area contributed by atoms with Gasteiger partial charge in [0.05, 0.1) is 11.1 Å². The molecule has 0 unspecified atom stereocenters.